The molecule has 0 atom stereocenters. The smallest absolute Gasteiger partial charge is 0.356 e. The Morgan fingerprint density at radius 2 is 0.571 bits per heavy atom. The maximum Gasteiger partial charge on any atom is 2.00 e. The van der Waals surface area contributed by atoms with Crippen LogP contribution in [0.5, 0.6) is 0 Å². The minimum Gasteiger partial charge on any atom is -0.356 e. The van der Waals surface area contributed by atoms with Crippen LogP contribution in [-0.2, 0) is 19.5 Å². The largest absolute Gasteiger partial charge is 2.00 e. The minimum atomic E-state index is -1.75. The molecule has 0 rings (SSSR count). The van der Waals surface area contributed by atoms with Crippen molar-refractivity contribution >= 4 is 0 Å². The van der Waals surface area contributed by atoms with Crippen molar-refractivity contribution in [3.8, 4) is 0 Å². The molecule has 0 aliphatic rings. The van der Waals surface area contributed by atoms with Gasteiger partial charge in [-0.15, -0.1) is 0 Å². The molecular formula is C6H24N8O6Zn. The second-order valence-corrected chi connectivity index (χ2v) is 2.18. The van der Waals surface area contributed by atoms with E-state index in [1.165, 1.54) is 0 Å². The fraction of sp³-hybridized carbons (Fsp3) is 1.00. The van der Waals surface area contributed by atoms with Gasteiger partial charge in [0.05, 0.1) is 10.2 Å². The van der Waals surface area contributed by atoms with Gasteiger partial charge in [-0.3, -0.25) is 0 Å². The van der Waals surface area contributed by atoms with Gasteiger partial charge in [-0.1, -0.05) is 0 Å². The van der Waals surface area contributed by atoms with Crippen LogP contribution >= 0.6 is 0 Å². The molecule has 126 valence electrons. The fourth-order valence-electron chi connectivity index (χ4n) is 0. The monoisotopic (exact) mass is 368 g/mol. The summed E-state index contributed by atoms with van der Waals surface area (Å²) >= 11 is 0. The van der Waals surface area contributed by atoms with Crippen molar-refractivity contribution in [1.82, 2.24) is 0 Å². The molecular weight excluding hydrogens is 346 g/mol. The molecule has 0 aromatic carbocycles. The molecule has 0 aliphatic carbocycles. The van der Waals surface area contributed by atoms with Crippen molar-refractivity contribution in [2.45, 2.75) is 0 Å². The quantitative estimate of drug-likeness (QED) is 0.158. The zero-order valence-corrected chi connectivity index (χ0v) is 14.7. The maximum atomic E-state index is 8.25. The number of hydrogen-bond donors (Lipinski definition) is 6. The van der Waals surface area contributed by atoms with E-state index in [2.05, 4.69) is 0 Å². The number of nitrogens with zero attached hydrogens (tertiary/aromatic N) is 2. The third-order valence-corrected chi connectivity index (χ3v) is 0.500. The molecule has 0 saturated carbocycles. The van der Waals surface area contributed by atoms with Gasteiger partial charge in [-0.05, 0) is 0 Å². The van der Waals surface area contributed by atoms with E-state index < -0.39 is 10.2 Å². The Bertz CT molecular complexity index is 144. The van der Waals surface area contributed by atoms with Crippen LogP contribution in [0.25, 0.3) is 0 Å². The summed E-state index contributed by atoms with van der Waals surface area (Å²) in [7, 11) is 0. The molecule has 0 unspecified atom stereocenters. The van der Waals surface area contributed by atoms with Crippen LogP contribution < -0.4 is 34.4 Å². The number of nitrogens with two attached hydrogens (primary N) is 6. The molecule has 0 spiro atoms. The molecule has 0 bridgehead atoms. The average Bonchev–Trinajstić information content (AvgIpc) is 2.37. The summed E-state index contributed by atoms with van der Waals surface area (Å²) in [5.74, 6) is 0. The van der Waals surface area contributed by atoms with Gasteiger partial charge >= 0.3 is 19.5 Å². The van der Waals surface area contributed by atoms with Crippen molar-refractivity contribution in [3.63, 3.8) is 0 Å². The second kappa shape index (κ2) is 51.1. The third-order valence-electron chi connectivity index (χ3n) is 0.500. The number of hydrogen-bond acceptors (Lipinski definition) is 12. The van der Waals surface area contributed by atoms with Crippen molar-refractivity contribution in [3.05, 3.63) is 30.6 Å². The van der Waals surface area contributed by atoms with E-state index in [0.29, 0.717) is 39.3 Å². The van der Waals surface area contributed by atoms with Gasteiger partial charge in [0.1, 0.15) is 0 Å². The first-order chi connectivity index (χ1) is 9.21. The Morgan fingerprint density at radius 3 is 0.571 bits per heavy atom. The van der Waals surface area contributed by atoms with Gasteiger partial charge in [-0.2, -0.15) is 0 Å². The third kappa shape index (κ3) is 1660. The molecule has 0 aromatic rings. The Morgan fingerprint density at radius 1 is 0.524 bits per heavy atom. The summed E-state index contributed by atoms with van der Waals surface area (Å²) in [6.45, 7) is 3.58. The van der Waals surface area contributed by atoms with E-state index >= 15 is 0 Å². The van der Waals surface area contributed by atoms with Crippen LogP contribution in [0.4, 0.5) is 0 Å². The summed E-state index contributed by atoms with van der Waals surface area (Å²) in [4.78, 5) is 16.5. The van der Waals surface area contributed by atoms with Crippen LogP contribution in [0.2, 0.25) is 0 Å². The molecule has 15 heteroatoms. The van der Waals surface area contributed by atoms with Gasteiger partial charge in [0, 0.05) is 39.3 Å². The van der Waals surface area contributed by atoms with Crippen molar-refractivity contribution in [1.29, 1.82) is 0 Å². The average molecular weight is 370 g/mol. The predicted octanol–water partition coefficient (Wildman–Crippen LogP) is -3.77. The molecule has 0 amide bonds. The topological polar surface area (TPSA) is 289 Å². The van der Waals surface area contributed by atoms with E-state index in [4.69, 9.17) is 65.0 Å². The van der Waals surface area contributed by atoms with Crippen molar-refractivity contribution in [2.24, 2.45) is 34.4 Å². The zero-order chi connectivity index (χ0) is 17.4. The molecule has 0 fully saturated rings. The minimum absolute atomic E-state index is 0. The Hall–Kier alpha value is -1.22. The van der Waals surface area contributed by atoms with Crippen molar-refractivity contribution in [2.75, 3.05) is 39.3 Å². The Kier molecular flexibility index (Phi) is 89.4. The van der Waals surface area contributed by atoms with Crippen LogP contribution in [-0.4, -0.2) is 49.4 Å². The molecule has 0 radical (unpaired) electrons. The molecule has 0 aliphatic heterocycles. The van der Waals surface area contributed by atoms with Crippen LogP contribution in [0.1, 0.15) is 0 Å². The maximum absolute atomic E-state index is 8.25. The van der Waals surface area contributed by atoms with E-state index in [0.717, 1.165) is 0 Å². The first-order valence-corrected chi connectivity index (χ1v) is 5.04. The van der Waals surface area contributed by atoms with Crippen molar-refractivity contribution < 1.29 is 29.7 Å². The molecule has 21 heavy (non-hydrogen) atoms. The summed E-state index contributed by atoms with van der Waals surface area (Å²) in [5, 5.41) is 29.5. The van der Waals surface area contributed by atoms with Gasteiger partial charge in [0.25, 0.3) is 0 Å². The summed E-state index contributed by atoms with van der Waals surface area (Å²) < 4.78 is 0. The van der Waals surface area contributed by atoms with Crippen LogP contribution in [0.15, 0.2) is 0 Å². The summed E-state index contributed by atoms with van der Waals surface area (Å²) in [5.41, 5.74) is 29.4. The van der Waals surface area contributed by atoms with E-state index in [-0.39, 0.29) is 19.5 Å². The molecule has 0 saturated heterocycles. The summed E-state index contributed by atoms with van der Waals surface area (Å²) in [6.07, 6.45) is 0. The van der Waals surface area contributed by atoms with Crippen LogP contribution in [0.3, 0.4) is 0 Å². The fourth-order valence-corrected chi connectivity index (χ4v) is 0. The van der Waals surface area contributed by atoms with Gasteiger partial charge in [0.2, 0.25) is 0 Å². The van der Waals surface area contributed by atoms with E-state index in [9.17, 15) is 0 Å². The molecule has 14 nitrogen and oxygen atoms in total. The van der Waals surface area contributed by atoms with Gasteiger partial charge in [-0.25, -0.2) is 0 Å². The molecule has 12 N–H and O–H groups in total. The Balaban J connectivity index is -0.0000000331. The van der Waals surface area contributed by atoms with E-state index in [1.54, 1.807) is 0 Å². The molecule has 0 heterocycles. The first-order valence-electron chi connectivity index (χ1n) is 5.04. The standard InChI is InChI=1S/3C2H8N2.2NO3.Zn/c3*3-1-2-4;2*2-1(3)4;/h3*1-4H2;;;/q;;;2*-1;+2. The second-order valence-electron chi connectivity index (χ2n) is 2.18. The summed E-state index contributed by atoms with van der Waals surface area (Å²) in [6, 6.07) is 0. The first kappa shape index (κ1) is 36.7. The molecule has 0 aromatic heterocycles. The number of rotatable bonds is 3. The van der Waals surface area contributed by atoms with Gasteiger partial charge < -0.3 is 65.0 Å². The predicted molar refractivity (Wildman–Crippen MR) is 75.0 cm³/mol. The van der Waals surface area contributed by atoms with E-state index in [1.807, 2.05) is 0 Å². The normalized spacial score (nSPS) is 6.57. The van der Waals surface area contributed by atoms with Gasteiger partial charge in [0.15, 0.2) is 0 Å². The Labute approximate surface area is 134 Å². The SMILES string of the molecule is NCCN.NCCN.NCCN.O=[N+]([O-])[O-].O=[N+]([O-])[O-].[Zn+2]. The van der Waals surface area contributed by atoms with Crippen LogP contribution in [0, 0.1) is 30.6 Å². The zero-order valence-electron chi connectivity index (χ0n) is 11.8.